The highest BCUT2D eigenvalue weighted by Crippen LogP contribution is 2.08. The molecule has 5 heteroatoms. The van der Waals surface area contributed by atoms with Crippen LogP contribution in [0.2, 0.25) is 0 Å². The second-order valence-electron chi connectivity index (χ2n) is 2.90. The van der Waals surface area contributed by atoms with Gasteiger partial charge in [-0.05, 0) is 0 Å². The first kappa shape index (κ1) is 10.4. The summed E-state index contributed by atoms with van der Waals surface area (Å²) in [7, 11) is 0. The van der Waals surface area contributed by atoms with Gasteiger partial charge < -0.3 is 10.2 Å². The van der Waals surface area contributed by atoms with Crippen molar-refractivity contribution in [3.63, 3.8) is 0 Å². The molecular formula is C8H14N2O2S. The van der Waals surface area contributed by atoms with Gasteiger partial charge in [-0.1, -0.05) is 0 Å². The largest absolute Gasteiger partial charge is 0.347 e. The van der Waals surface area contributed by atoms with Crippen LogP contribution < -0.4 is 5.32 Å². The average molecular weight is 202 g/mol. The molecule has 0 atom stereocenters. The van der Waals surface area contributed by atoms with Crippen LogP contribution in [0.3, 0.4) is 0 Å². The summed E-state index contributed by atoms with van der Waals surface area (Å²) in [6.45, 7) is 3.17. The van der Waals surface area contributed by atoms with Gasteiger partial charge in [0, 0.05) is 31.5 Å². The molecule has 0 saturated carbocycles. The molecule has 0 aliphatic carbocycles. The Morgan fingerprint density at radius 3 is 2.54 bits per heavy atom. The Morgan fingerprint density at radius 2 is 2.00 bits per heavy atom. The van der Waals surface area contributed by atoms with Gasteiger partial charge in [-0.25, -0.2) is 0 Å². The van der Waals surface area contributed by atoms with E-state index in [1.165, 1.54) is 6.92 Å². The Bertz CT molecular complexity index is 202. The molecule has 74 valence electrons. The number of nitrogens with one attached hydrogen (secondary N) is 1. The highest BCUT2D eigenvalue weighted by atomic mass is 32.2. The number of nitrogens with zero attached hydrogens (tertiary/aromatic N) is 1. The molecule has 0 aromatic carbocycles. The van der Waals surface area contributed by atoms with Gasteiger partial charge in [0.2, 0.25) is 11.8 Å². The van der Waals surface area contributed by atoms with Crippen molar-refractivity contribution in [2.24, 2.45) is 0 Å². The Balaban J connectivity index is 2.25. The van der Waals surface area contributed by atoms with Gasteiger partial charge in [-0.15, -0.1) is 0 Å². The third kappa shape index (κ3) is 3.67. The predicted molar refractivity (Wildman–Crippen MR) is 52.6 cm³/mol. The standard InChI is InChI=1S/C8H14N2O2S/c1-7(11)9-6-8(12)10-2-4-13-5-3-10/h2-6H2,1H3,(H,9,11). The summed E-state index contributed by atoms with van der Waals surface area (Å²) in [6, 6.07) is 0. The third-order valence-corrected chi connectivity index (χ3v) is 2.79. The zero-order valence-electron chi connectivity index (χ0n) is 7.71. The SMILES string of the molecule is CC(=O)NCC(=O)N1CCSCC1. The molecule has 0 bridgehead atoms. The summed E-state index contributed by atoms with van der Waals surface area (Å²) in [5.74, 6) is 1.88. The lowest BCUT2D eigenvalue weighted by Gasteiger charge is -2.26. The Hall–Kier alpha value is -0.710. The van der Waals surface area contributed by atoms with Crippen molar-refractivity contribution in [2.45, 2.75) is 6.92 Å². The van der Waals surface area contributed by atoms with Crippen LogP contribution in [0, 0.1) is 0 Å². The van der Waals surface area contributed by atoms with E-state index in [0.717, 1.165) is 24.6 Å². The van der Waals surface area contributed by atoms with E-state index in [9.17, 15) is 9.59 Å². The molecule has 0 radical (unpaired) electrons. The second-order valence-corrected chi connectivity index (χ2v) is 4.13. The van der Waals surface area contributed by atoms with Crippen molar-refractivity contribution >= 4 is 23.6 Å². The molecule has 1 fully saturated rings. The Kier molecular flexibility index (Phi) is 4.08. The van der Waals surface area contributed by atoms with Gasteiger partial charge in [0.25, 0.3) is 0 Å². The molecule has 2 amide bonds. The number of hydrogen-bond donors (Lipinski definition) is 1. The fraction of sp³-hybridized carbons (Fsp3) is 0.750. The predicted octanol–water partition coefficient (Wildman–Crippen LogP) is -0.302. The van der Waals surface area contributed by atoms with Crippen LogP contribution in [0.4, 0.5) is 0 Å². The lowest BCUT2D eigenvalue weighted by Crippen LogP contribution is -2.43. The molecule has 0 unspecified atom stereocenters. The zero-order valence-corrected chi connectivity index (χ0v) is 8.52. The fourth-order valence-corrected chi connectivity index (χ4v) is 2.03. The van der Waals surface area contributed by atoms with E-state index in [4.69, 9.17) is 0 Å². The molecule has 1 aliphatic rings. The highest BCUT2D eigenvalue weighted by Gasteiger charge is 2.16. The normalized spacial score (nSPS) is 16.8. The van der Waals surface area contributed by atoms with Gasteiger partial charge in [-0.2, -0.15) is 11.8 Å². The summed E-state index contributed by atoms with van der Waals surface area (Å²) in [5.41, 5.74) is 0. The van der Waals surface area contributed by atoms with Gasteiger partial charge in [0.15, 0.2) is 0 Å². The zero-order chi connectivity index (χ0) is 9.68. The maximum Gasteiger partial charge on any atom is 0.242 e. The molecule has 1 rings (SSSR count). The van der Waals surface area contributed by atoms with E-state index < -0.39 is 0 Å². The Labute approximate surface area is 82.0 Å². The minimum atomic E-state index is -0.153. The van der Waals surface area contributed by atoms with Crippen molar-refractivity contribution in [1.82, 2.24) is 10.2 Å². The number of carbonyl (C=O) groups excluding carboxylic acids is 2. The van der Waals surface area contributed by atoms with E-state index in [-0.39, 0.29) is 18.4 Å². The molecular weight excluding hydrogens is 188 g/mol. The maximum atomic E-state index is 11.4. The van der Waals surface area contributed by atoms with Crippen molar-refractivity contribution in [1.29, 1.82) is 0 Å². The quantitative estimate of drug-likeness (QED) is 0.668. The topological polar surface area (TPSA) is 49.4 Å². The fourth-order valence-electron chi connectivity index (χ4n) is 1.12. The number of thioether (sulfide) groups is 1. The summed E-state index contributed by atoms with van der Waals surface area (Å²) >= 11 is 1.86. The molecule has 0 aromatic heterocycles. The van der Waals surface area contributed by atoms with Crippen molar-refractivity contribution < 1.29 is 9.59 Å². The lowest BCUT2D eigenvalue weighted by atomic mass is 10.4. The van der Waals surface area contributed by atoms with Crippen molar-refractivity contribution in [2.75, 3.05) is 31.1 Å². The van der Waals surface area contributed by atoms with Crippen LogP contribution in [0.25, 0.3) is 0 Å². The van der Waals surface area contributed by atoms with E-state index in [0.29, 0.717) is 0 Å². The number of hydrogen-bond acceptors (Lipinski definition) is 3. The van der Waals surface area contributed by atoms with Crippen molar-refractivity contribution in [3.8, 4) is 0 Å². The molecule has 0 spiro atoms. The molecule has 1 saturated heterocycles. The molecule has 0 aromatic rings. The van der Waals surface area contributed by atoms with Crippen LogP contribution in [-0.2, 0) is 9.59 Å². The van der Waals surface area contributed by atoms with Crippen LogP contribution in [0.15, 0.2) is 0 Å². The van der Waals surface area contributed by atoms with Gasteiger partial charge >= 0.3 is 0 Å². The smallest absolute Gasteiger partial charge is 0.242 e. The van der Waals surface area contributed by atoms with E-state index in [1.54, 1.807) is 4.90 Å². The number of carbonyl (C=O) groups is 2. The minimum absolute atomic E-state index is 0.0236. The highest BCUT2D eigenvalue weighted by molar-refractivity contribution is 7.99. The number of rotatable bonds is 2. The first-order valence-corrected chi connectivity index (χ1v) is 5.45. The summed E-state index contributed by atoms with van der Waals surface area (Å²) in [5, 5.41) is 2.51. The van der Waals surface area contributed by atoms with Crippen LogP contribution in [0.1, 0.15) is 6.92 Å². The molecule has 1 heterocycles. The van der Waals surface area contributed by atoms with E-state index in [2.05, 4.69) is 5.32 Å². The Morgan fingerprint density at radius 1 is 1.38 bits per heavy atom. The van der Waals surface area contributed by atoms with Crippen LogP contribution in [0.5, 0.6) is 0 Å². The molecule has 4 nitrogen and oxygen atoms in total. The monoisotopic (exact) mass is 202 g/mol. The lowest BCUT2D eigenvalue weighted by molar-refractivity contribution is -0.132. The first-order valence-electron chi connectivity index (χ1n) is 4.30. The van der Waals surface area contributed by atoms with Gasteiger partial charge in [0.1, 0.15) is 0 Å². The van der Waals surface area contributed by atoms with Crippen LogP contribution >= 0.6 is 11.8 Å². The van der Waals surface area contributed by atoms with E-state index >= 15 is 0 Å². The second kappa shape index (κ2) is 5.11. The van der Waals surface area contributed by atoms with Gasteiger partial charge in [0.05, 0.1) is 6.54 Å². The molecule has 1 N–H and O–H groups in total. The summed E-state index contributed by atoms with van der Waals surface area (Å²) in [6.07, 6.45) is 0. The van der Waals surface area contributed by atoms with Crippen LogP contribution in [-0.4, -0.2) is 47.9 Å². The molecule has 1 aliphatic heterocycles. The summed E-state index contributed by atoms with van der Waals surface area (Å²) < 4.78 is 0. The van der Waals surface area contributed by atoms with Crippen molar-refractivity contribution in [3.05, 3.63) is 0 Å². The molecule has 13 heavy (non-hydrogen) atoms. The van der Waals surface area contributed by atoms with E-state index in [1.807, 2.05) is 11.8 Å². The number of amides is 2. The summed E-state index contributed by atoms with van der Waals surface area (Å²) in [4.78, 5) is 23.7. The average Bonchev–Trinajstić information content (AvgIpc) is 2.15. The third-order valence-electron chi connectivity index (χ3n) is 1.85. The minimum Gasteiger partial charge on any atom is -0.347 e. The maximum absolute atomic E-state index is 11.4. The first-order chi connectivity index (χ1) is 6.20. The van der Waals surface area contributed by atoms with Gasteiger partial charge in [-0.3, -0.25) is 9.59 Å².